The molecule has 2 N–H and O–H groups in total. The molecule has 0 atom stereocenters. The highest BCUT2D eigenvalue weighted by Crippen LogP contribution is 2.15. The van der Waals surface area contributed by atoms with E-state index >= 15 is 0 Å². The predicted octanol–water partition coefficient (Wildman–Crippen LogP) is 3.09. The Labute approximate surface area is 145 Å². The maximum absolute atomic E-state index is 9.54. The summed E-state index contributed by atoms with van der Waals surface area (Å²) in [5.74, 6) is 1.11. The van der Waals surface area contributed by atoms with Crippen molar-refractivity contribution >= 4 is 21.9 Å². The summed E-state index contributed by atoms with van der Waals surface area (Å²) < 4.78 is 3.17. The number of nitrogens with zero attached hydrogens (tertiary/aromatic N) is 3. The summed E-state index contributed by atoms with van der Waals surface area (Å²) >= 11 is 3.50. The number of aromatic hydroxyl groups is 1. The molecule has 0 unspecified atom stereocenters. The van der Waals surface area contributed by atoms with Crippen LogP contribution >= 0.6 is 15.9 Å². The van der Waals surface area contributed by atoms with Crippen molar-refractivity contribution in [2.45, 2.75) is 20.0 Å². The first-order chi connectivity index (χ1) is 11.0. The molecule has 6 heteroatoms. The van der Waals surface area contributed by atoms with E-state index in [0.717, 1.165) is 29.1 Å². The van der Waals surface area contributed by atoms with Crippen molar-refractivity contribution in [3.8, 4) is 5.75 Å². The van der Waals surface area contributed by atoms with Crippen molar-refractivity contribution in [3.05, 3.63) is 52.3 Å². The van der Waals surface area contributed by atoms with Crippen LogP contribution in [-0.2, 0) is 20.1 Å². The van der Waals surface area contributed by atoms with Crippen LogP contribution in [0.1, 0.15) is 18.2 Å². The van der Waals surface area contributed by atoms with Crippen molar-refractivity contribution in [3.63, 3.8) is 0 Å². The average Bonchev–Trinajstić information content (AvgIpc) is 2.81. The van der Waals surface area contributed by atoms with Gasteiger partial charge in [-0.25, -0.2) is 4.99 Å². The van der Waals surface area contributed by atoms with E-state index in [1.807, 2.05) is 32.4 Å². The lowest BCUT2D eigenvalue weighted by Gasteiger charge is -2.22. The smallest absolute Gasteiger partial charge is 0.194 e. The number of aromatic nitrogens is 1. The second-order valence-electron chi connectivity index (χ2n) is 5.46. The maximum Gasteiger partial charge on any atom is 0.194 e. The van der Waals surface area contributed by atoms with Gasteiger partial charge < -0.3 is 19.9 Å². The van der Waals surface area contributed by atoms with Gasteiger partial charge in [-0.3, -0.25) is 0 Å². The van der Waals surface area contributed by atoms with Gasteiger partial charge in [0.05, 0.1) is 13.1 Å². The van der Waals surface area contributed by atoms with E-state index in [-0.39, 0.29) is 5.75 Å². The van der Waals surface area contributed by atoms with Crippen LogP contribution in [0.5, 0.6) is 5.75 Å². The van der Waals surface area contributed by atoms with Crippen molar-refractivity contribution in [2.75, 3.05) is 13.6 Å². The molecule has 0 saturated heterocycles. The number of halogens is 1. The normalized spacial score (nSPS) is 11.6. The number of aryl methyl sites for hydroxylation is 1. The summed E-state index contributed by atoms with van der Waals surface area (Å²) in [4.78, 5) is 6.75. The number of hydrogen-bond acceptors (Lipinski definition) is 2. The SMILES string of the molecule is CCNC(=NCc1cccc(O)c1)N(C)Cc1cc(Br)cn1C. The monoisotopic (exact) mass is 378 g/mol. The van der Waals surface area contributed by atoms with Gasteiger partial charge in [0.1, 0.15) is 5.75 Å². The highest BCUT2D eigenvalue weighted by molar-refractivity contribution is 9.10. The maximum atomic E-state index is 9.54. The van der Waals surface area contributed by atoms with Gasteiger partial charge >= 0.3 is 0 Å². The Hall–Kier alpha value is -1.95. The minimum atomic E-state index is 0.268. The van der Waals surface area contributed by atoms with Gasteiger partial charge in [0.25, 0.3) is 0 Å². The van der Waals surface area contributed by atoms with Crippen LogP contribution in [0.15, 0.2) is 46.0 Å². The molecule has 1 heterocycles. The molecule has 0 amide bonds. The number of benzene rings is 1. The molecule has 23 heavy (non-hydrogen) atoms. The molecule has 2 rings (SSSR count). The number of phenols is 1. The molecule has 0 saturated carbocycles. The quantitative estimate of drug-likeness (QED) is 0.620. The van der Waals surface area contributed by atoms with Crippen LogP contribution in [0, 0.1) is 0 Å². The third-order valence-electron chi connectivity index (χ3n) is 3.49. The van der Waals surface area contributed by atoms with E-state index in [2.05, 4.69) is 48.7 Å². The lowest BCUT2D eigenvalue weighted by Crippen LogP contribution is -2.38. The van der Waals surface area contributed by atoms with E-state index in [1.54, 1.807) is 12.1 Å². The first kappa shape index (κ1) is 17.4. The third kappa shape index (κ3) is 5.03. The Morgan fingerprint density at radius 3 is 2.78 bits per heavy atom. The zero-order valence-electron chi connectivity index (χ0n) is 13.8. The third-order valence-corrected chi connectivity index (χ3v) is 3.93. The molecule has 5 nitrogen and oxygen atoms in total. The Morgan fingerprint density at radius 2 is 2.17 bits per heavy atom. The number of phenolic OH excluding ortho intramolecular Hbond substituents is 1. The molecule has 1 aromatic carbocycles. The molecule has 0 radical (unpaired) electrons. The molecule has 0 bridgehead atoms. The predicted molar refractivity (Wildman–Crippen MR) is 97.5 cm³/mol. The standard InChI is InChI=1S/C17H23BrN4O/c1-4-19-17(20-10-13-6-5-7-16(23)8-13)22(3)12-15-9-14(18)11-21(15)2/h5-9,11,23H,4,10,12H2,1-3H3,(H,19,20). The van der Waals surface area contributed by atoms with Crippen LogP contribution in [0.2, 0.25) is 0 Å². The number of hydrogen-bond donors (Lipinski definition) is 2. The van der Waals surface area contributed by atoms with E-state index in [9.17, 15) is 5.11 Å². The zero-order chi connectivity index (χ0) is 16.8. The summed E-state index contributed by atoms with van der Waals surface area (Å²) in [7, 11) is 4.05. The second-order valence-corrected chi connectivity index (χ2v) is 6.37. The summed E-state index contributed by atoms with van der Waals surface area (Å²) in [6.07, 6.45) is 2.04. The summed E-state index contributed by atoms with van der Waals surface area (Å²) in [6, 6.07) is 9.30. The van der Waals surface area contributed by atoms with Crippen molar-refractivity contribution in [1.82, 2.24) is 14.8 Å². The highest BCUT2D eigenvalue weighted by Gasteiger charge is 2.09. The fourth-order valence-corrected chi connectivity index (χ4v) is 2.90. The van der Waals surface area contributed by atoms with Gasteiger partial charge in [0, 0.05) is 37.0 Å². The molecule has 0 aliphatic carbocycles. The molecular formula is C17H23BrN4O. The number of nitrogens with one attached hydrogen (secondary N) is 1. The lowest BCUT2D eigenvalue weighted by molar-refractivity contribution is 0.461. The van der Waals surface area contributed by atoms with Crippen LogP contribution < -0.4 is 5.32 Å². The minimum Gasteiger partial charge on any atom is -0.508 e. The lowest BCUT2D eigenvalue weighted by atomic mass is 10.2. The van der Waals surface area contributed by atoms with Crippen molar-refractivity contribution < 1.29 is 5.11 Å². The fraction of sp³-hybridized carbons (Fsp3) is 0.353. The Balaban J connectivity index is 2.09. The van der Waals surface area contributed by atoms with E-state index < -0.39 is 0 Å². The van der Waals surface area contributed by atoms with Crippen molar-refractivity contribution in [1.29, 1.82) is 0 Å². The largest absolute Gasteiger partial charge is 0.508 e. The van der Waals surface area contributed by atoms with Gasteiger partial charge in [0.15, 0.2) is 5.96 Å². The van der Waals surface area contributed by atoms with E-state index in [0.29, 0.717) is 6.54 Å². The number of aliphatic imine (C=N–C) groups is 1. The zero-order valence-corrected chi connectivity index (χ0v) is 15.3. The Kier molecular flexibility index (Phi) is 6.10. The fourth-order valence-electron chi connectivity index (χ4n) is 2.33. The van der Waals surface area contributed by atoms with E-state index in [4.69, 9.17) is 0 Å². The van der Waals surface area contributed by atoms with Gasteiger partial charge in [-0.15, -0.1) is 0 Å². The van der Waals surface area contributed by atoms with Gasteiger partial charge in [-0.05, 0) is 46.6 Å². The van der Waals surface area contributed by atoms with Gasteiger partial charge in [0.2, 0.25) is 0 Å². The molecule has 0 spiro atoms. The number of rotatable bonds is 5. The Morgan fingerprint density at radius 1 is 1.39 bits per heavy atom. The minimum absolute atomic E-state index is 0.268. The Bertz CT molecular complexity index is 681. The average molecular weight is 379 g/mol. The van der Waals surface area contributed by atoms with Gasteiger partial charge in [-0.1, -0.05) is 12.1 Å². The van der Waals surface area contributed by atoms with E-state index in [1.165, 1.54) is 5.69 Å². The summed E-state index contributed by atoms with van der Waals surface area (Å²) in [5.41, 5.74) is 2.18. The van der Waals surface area contributed by atoms with Crippen LogP contribution in [0.4, 0.5) is 0 Å². The second kappa shape index (κ2) is 8.06. The molecule has 1 aromatic heterocycles. The van der Waals surface area contributed by atoms with Crippen LogP contribution in [0.25, 0.3) is 0 Å². The molecule has 0 fully saturated rings. The molecule has 0 aliphatic heterocycles. The molecule has 0 aliphatic rings. The topological polar surface area (TPSA) is 52.8 Å². The van der Waals surface area contributed by atoms with Gasteiger partial charge in [-0.2, -0.15) is 0 Å². The molecule has 2 aromatic rings. The first-order valence-corrected chi connectivity index (χ1v) is 8.37. The highest BCUT2D eigenvalue weighted by atomic mass is 79.9. The summed E-state index contributed by atoms with van der Waals surface area (Å²) in [5, 5.41) is 12.8. The summed E-state index contributed by atoms with van der Waals surface area (Å²) in [6.45, 7) is 4.14. The molecular weight excluding hydrogens is 356 g/mol. The number of guanidine groups is 1. The van der Waals surface area contributed by atoms with Crippen molar-refractivity contribution in [2.24, 2.45) is 12.0 Å². The van der Waals surface area contributed by atoms with Crippen LogP contribution in [0.3, 0.4) is 0 Å². The first-order valence-electron chi connectivity index (χ1n) is 7.57. The van der Waals surface area contributed by atoms with Crippen LogP contribution in [-0.4, -0.2) is 34.1 Å². The molecule has 124 valence electrons.